The molecule has 7 heteroatoms. The quantitative estimate of drug-likeness (QED) is 0.758. The lowest BCUT2D eigenvalue weighted by Crippen LogP contribution is -2.23. The number of anilines is 2. The topological polar surface area (TPSA) is 81.2 Å². The van der Waals surface area contributed by atoms with Crippen molar-refractivity contribution in [2.45, 2.75) is 39.7 Å². The first kappa shape index (κ1) is 15.8. The summed E-state index contributed by atoms with van der Waals surface area (Å²) in [6.45, 7) is 8.99. The summed E-state index contributed by atoms with van der Waals surface area (Å²) < 4.78 is 11.1. The van der Waals surface area contributed by atoms with E-state index in [0.717, 1.165) is 32.5 Å². The van der Waals surface area contributed by atoms with Crippen LogP contribution in [0, 0.1) is 5.92 Å². The Balaban J connectivity index is 2.00. The maximum atomic E-state index is 5.70. The third-order valence-electron chi connectivity index (χ3n) is 3.49. The molecule has 2 unspecified atom stereocenters. The first-order valence-corrected chi connectivity index (χ1v) is 7.75. The Morgan fingerprint density at radius 1 is 1.14 bits per heavy atom. The highest BCUT2D eigenvalue weighted by Gasteiger charge is 2.26. The van der Waals surface area contributed by atoms with E-state index in [9.17, 15) is 0 Å². The van der Waals surface area contributed by atoms with Crippen LogP contribution in [-0.4, -0.2) is 47.4 Å². The standard InChI is InChI=1S/C14H25N5O2/c1-4-11-10(7-8-21-11)9-16-13-17-12(15-5-2)18-14(19-13)20-6-3/h10-11H,4-9H2,1-3H3,(H2,15,16,17,18,19). The molecule has 1 saturated heterocycles. The molecule has 7 nitrogen and oxygen atoms in total. The Hall–Kier alpha value is -1.63. The molecule has 2 rings (SSSR count). The minimum atomic E-state index is 0.332. The van der Waals surface area contributed by atoms with E-state index in [4.69, 9.17) is 9.47 Å². The van der Waals surface area contributed by atoms with Crippen LogP contribution in [0.25, 0.3) is 0 Å². The molecule has 0 radical (unpaired) electrons. The van der Waals surface area contributed by atoms with E-state index in [0.29, 0.717) is 36.5 Å². The predicted octanol–water partition coefficient (Wildman–Crippen LogP) is 1.93. The zero-order valence-corrected chi connectivity index (χ0v) is 13.1. The minimum Gasteiger partial charge on any atom is -0.464 e. The van der Waals surface area contributed by atoms with E-state index in [1.807, 2.05) is 13.8 Å². The lowest BCUT2D eigenvalue weighted by molar-refractivity contribution is 0.0900. The molecule has 2 heterocycles. The van der Waals surface area contributed by atoms with Crippen LogP contribution in [0.3, 0.4) is 0 Å². The number of aromatic nitrogens is 3. The highest BCUT2D eigenvalue weighted by Crippen LogP contribution is 2.23. The molecule has 0 aromatic carbocycles. The fraction of sp³-hybridized carbons (Fsp3) is 0.786. The van der Waals surface area contributed by atoms with Gasteiger partial charge < -0.3 is 20.1 Å². The molecular formula is C14H25N5O2. The first-order chi connectivity index (χ1) is 10.3. The lowest BCUT2D eigenvalue weighted by Gasteiger charge is -2.17. The summed E-state index contributed by atoms with van der Waals surface area (Å²) in [4.78, 5) is 12.8. The molecule has 2 N–H and O–H groups in total. The highest BCUT2D eigenvalue weighted by molar-refractivity contribution is 5.35. The van der Waals surface area contributed by atoms with Crippen molar-refractivity contribution in [3.05, 3.63) is 0 Å². The van der Waals surface area contributed by atoms with Gasteiger partial charge in [-0.1, -0.05) is 6.92 Å². The number of ether oxygens (including phenoxy) is 2. The van der Waals surface area contributed by atoms with Crippen molar-refractivity contribution in [1.29, 1.82) is 0 Å². The van der Waals surface area contributed by atoms with Crippen LogP contribution in [0.1, 0.15) is 33.6 Å². The van der Waals surface area contributed by atoms with Crippen LogP contribution in [0.4, 0.5) is 11.9 Å². The van der Waals surface area contributed by atoms with Crippen molar-refractivity contribution < 1.29 is 9.47 Å². The third-order valence-corrected chi connectivity index (χ3v) is 3.49. The van der Waals surface area contributed by atoms with E-state index in [1.165, 1.54) is 0 Å². The zero-order chi connectivity index (χ0) is 15.1. The van der Waals surface area contributed by atoms with Crippen molar-refractivity contribution in [2.75, 3.05) is 36.9 Å². The van der Waals surface area contributed by atoms with Crippen LogP contribution in [-0.2, 0) is 4.74 Å². The first-order valence-electron chi connectivity index (χ1n) is 7.75. The van der Waals surface area contributed by atoms with E-state index < -0.39 is 0 Å². The number of hydrogen-bond donors (Lipinski definition) is 2. The normalized spacial score (nSPS) is 21.3. The summed E-state index contributed by atoms with van der Waals surface area (Å²) in [6.07, 6.45) is 2.45. The summed E-state index contributed by atoms with van der Waals surface area (Å²) >= 11 is 0. The summed E-state index contributed by atoms with van der Waals surface area (Å²) in [6, 6.07) is 0.348. The van der Waals surface area contributed by atoms with Gasteiger partial charge in [-0.15, -0.1) is 0 Å². The maximum Gasteiger partial charge on any atom is 0.323 e. The summed E-state index contributed by atoms with van der Waals surface area (Å²) in [5.41, 5.74) is 0. The monoisotopic (exact) mass is 295 g/mol. The molecular weight excluding hydrogens is 270 g/mol. The smallest absolute Gasteiger partial charge is 0.323 e. The average molecular weight is 295 g/mol. The van der Waals surface area contributed by atoms with Gasteiger partial charge >= 0.3 is 6.01 Å². The predicted molar refractivity (Wildman–Crippen MR) is 81.8 cm³/mol. The molecule has 118 valence electrons. The fourth-order valence-corrected chi connectivity index (χ4v) is 2.47. The second kappa shape index (κ2) is 7.97. The Morgan fingerprint density at radius 2 is 1.90 bits per heavy atom. The average Bonchev–Trinajstić information content (AvgIpc) is 2.93. The largest absolute Gasteiger partial charge is 0.464 e. The second-order valence-corrected chi connectivity index (χ2v) is 4.98. The minimum absolute atomic E-state index is 0.332. The van der Waals surface area contributed by atoms with Crippen molar-refractivity contribution >= 4 is 11.9 Å². The van der Waals surface area contributed by atoms with Gasteiger partial charge in [-0.2, -0.15) is 15.0 Å². The molecule has 0 saturated carbocycles. The lowest BCUT2D eigenvalue weighted by atomic mass is 10.00. The summed E-state index contributed by atoms with van der Waals surface area (Å²) in [5, 5.41) is 6.37. The Bertz CT molecular complexity index is 419. The number of nitrogens with one attached hydrogen (secondary N) is 2. The molecule has 1 fully saturated rings. The van der Waals surface area contributed by atoms with Gasteiger partial charge in [0.25, 0.3) is 0 Å². The Morgan fingerprint density at radius 3 is 2.57 bits per heavy atom. The molecule has 1 aliphatic rings. The van der Waals surface area contributed by atoms with Crippen LogP contribution < -0.4 is 15.4 Å². The highest BCUT2D eigenvalue weighted by atomic mass is 16.5. The van der Waals surface area contributed by atoms with Crippen molar-refractivity contribution in [3.8, 4) is 6.01 Å². The molecule has 0 amide bonds. The van der Waals surface area contributed by atoms with Gasteiger partial charge in [-0.25, -0.2) is 0 Å². The summed E-state index contributed by atoms with van der Waals surface area (Å²) in [7, 11) is 0. The molecule has 21 heavy (non-hydrogen) atoms. The second-order valence-electron chi connectivity index (χ2n) is 4.98. The summed E-state index contributed by atoms with van der Waals surface area (Å²) in [5.74, 6) is 1.59. The van der Waals surface area contributed by atoms with Gasteiger partial charge in [0.05, 0.1) is 12.7 Å². The van der Waals surface area contributed by atoms with Crippen molar-refractivity contribution in [3.63, 3.8) is 0 Å². The van der Waals surface area contributed by atoms with Crippen LogP contribution in [0.15, 0.2) is 0 Å². The Labute approximate surface area is 125 Å². The van der Waals surface area contributed by atoms with Gasteiger partial charge in [0, 0.05) is 25.6 Å². The fourth-order valence-electron chi connectivity index (χ4n) is 2.47. The van der Waals surface area contributed by atoms with Crippen LogP contribution >= 0.6 is 0 Å². The molecule has 0 bridgehead atoms. The van der Waals surface area contributed by atoms with Gasteiger partial charge in [0.1, 0.15) is 0 Å². The van der Waals surface area contributed by atoms with E-state index >= 15 is 0 Å². The number of nitrogens with zero attached hydrogens (tertiary/aromatic N) is 3. The van der Waals surface area contributed by atoms with Crippen LogP contribution in [0.2, 0.25) is 0 Å². The molecule has 2 atom stereocenters. The zero-order valence-electron chi connectivity index (χ0n) is 13.1. The van der Waals surface area contributed by atoms with Gasteiger partial charge in [0.2, 0.25) is 11.9 Å². The van der Waals surface area contributed by atoms with Gasteiger partial charge in [-0.05, 0) is 26.7 Å². The SMILES string of the molecule is CCNc1nc(NCC2CCOC2CC)nc(OCC)n1. The van der Waals surface area contributed by atoms with E-state index in [2.05, 4.69) is 32.5 Å². The molecule has 1 aromatic heterocycles. The van der Waals surface area contributed by atoms with Gasteiger partial charge in [0.15, 0.2) is 0 Å². The molecule has 1 aromatic rings. The Kier molecular flexibility index (Phi) is 5.98. The molecule has 0 aliphatic carbocycles. The molecule has 1 aliphatic heterocycles. The van der Waals surface area contributed by atoms with E-state index in [1.54, 1.807) is 0 Å². The van der Waals surface area contributed by atoms with Crippen molar-refractivity contribution in [1.82, 2.24) is 15.0 Å². The molecule has 0 spiro atoms. The number of hydrogen-bond acceptors (Lipinski definition) is 7. The maximum absolute atomic E-state index is 5.70. The number of rotatable bonds is 8. The van der Waals surface area contributed by atoms with Gasteiger partial charge in [-0.3, -0.25) is 0 Å². The van der Waals surface area contributed by atoms with Crippen LogP contribution in [0.5, 0.6) is 6.01 Å². The third kappa shape index (κ3) is 4.42. The van der Waals surface area contributed by atoms with Crippen molar-refractivity contribution in [2.24, 2.45) is 5.92 Å². The van der Waals surface area contributed by atoms with E-state index in [-0.39, 0.29) is 0 Å².